The van der Waals surface area contributed by atoms with Gasteiger partial charge in [0.25, 0.3) is 0 Å². The van der Waals surface area contributed by atoms with Crippen LogP contribution in [0.1, 0.15) is 5.69 Å². The Morgan fingerprint density at radius 2 is 2.33 bits per heavy atom. The van der Waals surface area contributed by atoms with Gasteiger partial charge in [-0.15, -0.1) is 0 Å². The van der Waals surface area contributed by atoms with E-state index in [1.165, 1.54) is 0 Å². The number of nitrogens with zero attached hydrogens (tertiary/aromatic N) is 4. The summed E-state index contributed by atoms with van der Waals surface area (Å²) in [5.41, 5.74) is 1.92. The van der Waals surface area contributed by atoms with Crippen molar-refractivity contribution in [3.05, 3.63) is 30.4 Å². The molecule has 1 N–H and O–H groups in total. The second kappa shape index (κ2) is 4.18. The molecule has 0 radical (unpaired) electrons. The highest BCUT2D eigenvalue weighted by molar-refractivity contribution is 5.51. The number of hydrogen-bond acceptors (Lipinski definition) is 4. The molecule has 5 nitrogen and oxygen atoms in total. The average Bonchev–Trinajstić information content (AvgIpc) is 2.66. The van der Waals surface area contributed by atoms with Crippen LogP contribution in [0, 0.1) is 0 Å². The van der Waals surface area contributed by atoms with Crippen LogP contribution in [0.25, 0.3) is 11.4 Å². The third-order valence-corrected chi connectivity index (χ3v) is 2.03. The molecule has 0 unspecified atom stereocenters. The van der Waals surface area contributed by atoms with Crippen LogP contribution in [0.3, 0.4) is 0 Å². The van der Waals surface area contributed by atoms with Crippen LogP contribution in [-0.2, 0) is 13.6 Å². The molecule has 0 saturated carbocycles. The fourth-order valence-electron chi connectivity index (χ4n) is 1.35. The lowest BCUT2D eigenvalue weighted by molar-refractivity contribution is 0.767. The predicted octanol–water partition coefficient (Wildman–Crippen LogP) is 0.596. The van der Waals surface area contributed by atoms with Gasteiger partial charge in [0, 0.05) is 26.0 Å². The van der Waals surface area contributed by atoms with Gasteiger partial charge in [-0.1, -0.05) is 0 Å². The number of aryl methyl sites for hydroxylation is 1. The SMILES string of the molecule is CNCc1ccnc(-c2cnn(C)c2)n1. The molecular formula is C10H13N5. The lowest BCUT2D eigenvalue weighted by Gasteiger charge is -2.00. The van der Waals surface area contributed by atoms with Gasteiger partial charge in [-0.2, -0.15) is 5.10 Å². The number of rotatable bonds is 3. The van der Waals surface area contributed by atoms with Crippen molar-refractivity contribution in [2.24, 2.45) is 7.05 Å². The van der Waals surface area contributed by atoms with Crippen molar-refractivity contribution < 1.29 is 0 Å². The summed E-state index contributed by atoms with van der Waals surface area (Å²) >= 11 is 0. The summed E-state index contributed by atoms with van der Waals surface area (Å²) in [6, 6.07) is 1.90. The van der Waals surface area contributed by atoms with Crippen molar-refractivity contribution in [1.82, 2.24) is 25.1 Å². The van der Waals surface area contributed by atoms with Crippen molar-refractivity contribution >= 4 is 0 Å². The summed E-state index contributed by atoms with van der Waals surface area (Å²) in [6.07, 6.45) is 5.43. The Balaban J connectivity index is 2.32. The Kier molecular flexibility index (Phi) is 2.73. The molecule has 0 aliphatic rings. The summed E-state index contributed by atoms with van der Waals surface area (Å²) in [4.78, 5) is 8.63. The maximum absolute atomic E-state index is 4.42. The fraction of sp³-hybridized carbons (Fsp3) is 0.300. The van der Waals surface area contributed by atoms with Crippen molar-refractivity contribution in [3.63, 3.8) is 0 Å². The zero-order valence-corrected chi connectivity index (χ0v) is 8.81. The molecule has 2 aromatic rings. The van der Waals surface area contributed by atoms with Gasteiger partial charge in [0.1, 0.15) is 0 Å². The van der Waals surface area contributed by atoms with E-state index in [-0.39, 0.29) is 0 Å². The van der Waals surface area contributed by atoms with E-state index in [0.29, 0.717) is 0 Å². The topological polar surface area (TPSA) is 55.6 Å². The predicted molar refractivity (Wildman–Crippen MR) is 57.0 cm³/mol. The van der Waals surface area contributed by atoms with Crippen molar-refractivity contribution in [2.75, 3.05) is 7.05 Å². The second-order valence-electron chi connectivity index (χ2n) is 3.30. The van der Waals surface area contributed by atoms with Crippen LogP contribution in [-0.4, -0.2) is 26.8 Å². The highest BCUT2D eigenvalue weighted by Crippen LogP contribution is 2.12. The first-order valence-corrected chi connectivity index (χ1v) is 4.75. The minimum Gasteiger partial charge on any atom is -0.314 e. The van der Waals surface area contributed by atoms with Gasteiger partial charge in [-0.05, 0) is 13.1 Å². The molecule has 0 bridgehead atoms. The van der Waals surface area contributed by atoms with Gasteiger partial charge >= 0.3 is 0 Å². The first-order chi connectivity index (χ1) is 7.29. The van der Waals surface area contributed by atoms with Gasteiger partial charge in [0.05, 0.1) is 17.5 Å². The third kappa shape index (κ3) is 2.19. The molecule has 0 fully saturated rings. The molecule has 2 heterocycles. The minimum atomic E-state index is 0.718. The smallest absolute Gasteiger partial charge is 0.162 e. The number of aromatic nitrogens is 4. The van der Waals surface area contributed by atoms with E-state index in [2.05, 4.69) is 20.4 Å². The highest BCUT2D eigenvalue weighted by atomic mass is 15.2. The summed E-state index contributed by atoms with van der Waals surface area (Å²) in [5.74, 6) is 0.718. The molecule has 2 aromatic heterocycles. The van der Waals surface area contributed by atoms with E-state index in [1.807, 2.05) is 26.4 Å². The monoisotopic (exact) mass is 203 g/mol. The van der Waals surface area contributed by atoms with Crippen LogP contribution in [0.2, 0.25) is 0 Å². The molecule has 5 heteroatoms. The largest absolute Gasteiger partial charge is 0.314 e. The minimum absolute atomic E-state index is 0.718. The Hall–Kier alpha value is -1.75. The van der Waals surface area contributed by atoms with Crippen LogP contribution < -0.4 is 5.32 Å². The first kappa shape index (κ1) is 9.79. The lowest BCUT2D eigenvalue weighted by atomic mass is 10.3. The van der Waals surface area contributed by atoms with Gasteiger partial charge in [0.2, 0.25) is 0 Å². The molecule has 78 valence electrons. The van der Waals surface area contributed by atoms with Gasteiger partial charge in [0.15, 0.2) is 5.82 Å². The zero-order valence-electron chi connectivity index (χ0n) is 8.81. The summed E-state index contributed by atoms with van der Waals surface area (Å²) in [6.45, 7) is 0.746. The number of hydrogen-bond donors (Lipinski definition) is 1. The Bertz CT molecular complexity index is 449. The Morgan fingerprint density at radius 1 is 1.47 bits per heavy atom. The van der Waals surface area contributed by atoms with Crippen molar-refractivity contribution in [3.8, 4) is 11.4 Å². The maximum atomic E-state index is 4.42. The molecule has 0 aliphatic carbocycles. The zero-order chi connectivity index (χ0) is 10.7. The van der Waals surface area contributed by atoms with Crippen LogP contribution in [0.15, 0.2) is 24.7 Å². The highest BCUT2D eigenvalue weighted by Gasteiger charge is 2.03. The molecule has 0 saturated heterocycles. The van der Waals surface area contributed by atoms with E-state index in [1.54, 1.807) is 17.1 Å². The number of nitrogens with one attached hydrogen (secondary N) is 1. The first-order valence-electron chi connectivity index (χ1n) is 4.75. The van der Waals surface area contributed by atoms with Crippen LogP contribution in [0.5, 0.6) is 0 Å². The molecule has 2 rings (SSSR count). The summed E-state index contributed by atoms with van der Waals surface area (Å²) in [5, 5.41) is 7.15. The molecule has 0 atom stereocenters. The second-order valence-corrected chi connectivity index (χ2v) is 3.30. The van der Waals surface area contributed by atoms with Crippen molar-refractivity contribution in [1.29, 1.82) is 0 Å². The summed E-state index contributed by atoms with van der Waals surface area (Å²) < 4.78 is 1.74. The normalized spacial score (nSPS) is 10.5. The van der Waals surface area contributed by atoms with E-state index < -0.39 is 0 Å². The fourth-order valence-corrected chi connectivity index (χ4v) is 1.35. The van der Waals surface area contributed by atoms with E-state index in [4.69, 9.17) is 0 Å². The molecule has 0 aromatic carbocycles. The van der Waals surface area contributed by atoms with Gasteiger partial charge in [-0.3, -0.25) is 4.68 Å². The van der Waals surface area contributed by atoms with E-state index in [9.17, 15) is 0 Å². The van der Waals surface area contributed by atoms with E-state index >= 15 is 0 Å². The van der Waals surface area contributed by atoms with Gasteiger partial charge < -0.3 is 5.32 Å². The molecule has 0 aliphatic heterocycles. The molecule has 15 heavy (non-hydrogen) atoms. The Labute approximate surface area is 88.2 Å². The van der Waals surface area contributed by atoms with Crippen LogP contribution >= 0.6 is 0 Å². The molecule has 0 amide bonds. The summed E-state index contributed by atoms with van der Waals surface area (Å²) in [7, 11) is 3.77. The lowest BCUT2D eigenvalue weighted by Crippen LogP contribution is -2.07. The van der Waals surface area contributed by atoms with Crippen molar-refractivity contribution in [2.45, 2.75) is 6.54 Å². The standard InChI is InChI=1S/C10H13N5/c1-11-6-9-3-4-12-10(14-9)8-5-13-15(2)7-8/h3-5,7,11H,6H2,1-2H3. The quantitative estimate of drug-likeness (QED) is 0.793. The Morgan fingerprint density at radius 3 is 3.00 bits per heavy atom. The maximum Gasteiger partial charge on any atom is 0.162 e. The van der Waals surface area contributed by atoms with Gasteiger partial charge in [-0.25, -0.2) is 9.97 Å². The average molecular weight is 203 g/mol. The van der Waals surface area contributed by atoms with E-state index in [0.717, 1.165) is 23.6 Å². The molecule has 0 spiro atoms. The molecular weight excluding hydrogens is 190 g/mol. The third-order valence-electron chi connectivity index (χ3n) is 2.03. The van der Waals surface area contributed by atoms with Crippen LogP contribution in [0.4, 0.5) is 0 Å².